The maximum atomic E-state index is 13.7. The molecular formula is C13H9BrClFOS. The fourth-order valence-electron chi connectivity index (χ4n) is 1.54. The molecule has 0 atom stereocenters. The first-order valence-corrected chi connectivity index (χ1v) is 7.20. The highest BCUT2D eigenvalue weighted by Crippen LogP contribution is 2.28. The van der Waals surface area contributed by atoms with Crippen LogP contribution in [0.4, 0.5) is 4.39 Å². The summed E-state index contributed by atoms with van der Waals surface area (Å²) in [6.45, 7) is 1.91. The fourth-order valence-corrected chi connectivity index (χ4v) is 3.21. The average molecular weight is 348 g/mol. The van der Waals surface area contributed by atoms with Crippen LogP contribution in [-0.4, -0.2) is 5.78 Å². The van der Waals surface area contributed by atoms with Gasteiger partial charge in [-0.05, 0) is 46.1 Å². The monoisotopic (exact) mass is 346 g/mol. The number of halogens is 3. The van der Waals surface area contributed by atoms with Crippen LogP contribution in [0.1, 0.15) is 20.8 Å². The van der Waals surface area contributed by atoms with Crippen LogP contribution in [0.2, 0.25) is 5.02 Å². The van der Waals surface area contributed by atoms with Gasteiger partial charge in [-0.2, -0.15) is 0 Å². The summed E-state index contributed by atoms with van der Waals surface area (Å²) in [5.74, 6) is -0.616. The van der Waals surface area contributed by atoms with Gasteiger partial charge in [0.15, 0.2) is 5.78 Å². The standard InChI is InChI=1S/C13H9BrClFOS/c1-7-5-11(18-13(7)14)10(17)6-8-3-2-4-9(15)12(8)16/h2-5H,6H2,1H3. The number of aryl methyl sites for hydroxylation is 1. The summed E-state index contributed by atoms with van der Waals surface area (Å²) < 4.78 is 14.6. The Kier molecular flexibility index (Phi) is 4.20. The van der Waals surface area contributed by atoms with Crippen LogP contribution >= 0.6 is 38.9 Å². The molecule has 0 bridgehead atoms. The summed E-state index contributed by atoms with van der Waals surface area (Å²) in [4.78, 5) is 12.6. The van der Waals surface area contributed by atoms with Crippen LogP contribution in [-0.2, 0) is 6.42 Å². The largest absolute Gasteiger partial charge is 0.293 e. The predicted octanol–water partition coefficient (Wildman–Crippen LogP) is 5.04. The number of benzene rings is 1. The van der Waals surface area contributed by atoms with Crippen molar-refractivity contribution in [3.05, 3.63) is 54.9 Å². The zero-order valence-electron chi connectivity index (χ0n) is 9.47. The molecule has 0 amide bonds. The van der Waals surface area contributed by atoms with Crippen molar-refractivity contribution in [2.45, 2.75) is 13.3 Å². The molecule has 1 aromatic heterocycles. The highest BCUT2D eigenvalue weighted by Gasteiger charge is 2.15. The van der Waals surface area contributed by atoms with Crippen molar-refractivity contribution in [1.82, 2.24) is 0 Å². The fraction of sp³-hybridized carbons (Fsp3) is 0.154. The second-order valence-corrected chi connectivity index (χ2v) is 6.66. The highest BCUT2D eigenvalue weighted by molar-refractivity contribution is 9.11. The number of rotatable bonds is 3. The molecule has 0 unspecified atom stereocenters. The average Bonchev–Trinajstić information content (AvgIpc) is 2.66. The molecule has 0 fully saturated rings. The third-order valence-corrected chi connectivity index (χ3v) is 4.98. The van der Waals surface area contributed by atoms with Crippen molar-refractivity contribution in [3.8, 4) is 0 Å². The molecule has 94 valence electrons. The molecule has 1 nitrogen and oxygen atoms in total. The lowest BCUT2D eigenvalue weighted by Crippen LogP contribution is -2.03. The molecule has 0 radical (unpaired) electrons. The van der Waals surface area contributed by atoms with Gasteiger partial charge in [-0.25, -0.2) is 4.39 Å². The number of carbonyl (C=O) groups excluding carboxylic acids is 1. The molecule has 0 aliphatic carbocycles. The summed E-state index contributed by atoms with van der Waals surface area (Å²) in [5.41, 5.74) is 1.34. The SMILES string of the molecule is Cc1cc(C(=O)Cc2cccc(Cl)c2F)sc1Br. The molecular weight excluding hydrogens is 339 g/mol. The van der Waals surface area contributed by atoms with Crippen LogP contribution in [0.5, 0.6) is 0 Å². The van der Waals surface area contributed by atoms with Gasteiger partial charge in [0.25, 0.3) is 0 Å². The van der Waals surface area contributed by atoms with Crippen LogP contribution in [0, 0.1) is 12.7 Å². The van der Waals surface area contributed by atoms with Crippen molar-refractivity contribution in [2.24, 2.45) is 0 Å². The minimum atomic E-state index is -0.514. The predicted molar refractivity (Wildman–Crippen MR) is 76.2 cm³/mol. The summed E-state index contributed by atoms with van der Waals surface area (Å²) in [5, 5.41) is 0.0452. The van der Waals surface area contributed by atoms with Crippen LogP contribution < -0.4 is 0 Å². The molecule has 0 saturated carbocycles. The Morgan fingerprint density at radius 3 is 2.83 bits per heavy atom. The Hall–Kier alpha value is -0.710. The Labute approximate surface area is 122 Å². The molecule has 18 heavy (non-hydrogen) atoms. The van der Waals surface area contributed by atoms with Gasteiger partial charge in [0.2, 0.25) is 0 Å². The molecule has 5 heteroatoms. The first kappa shape index (κ1) is 13.7. The number of carbonyl (C=O) groups is 1. The van der Waals surface area contributed by atoms with E-state index in [0.717, 1.165) is 9.35 Å². The quantitative estimate of drug-likeness (QED) is 0.711. The van der Waals surface area contributed by atoms with Gasteiger partial charge < -0.3 is 0 Å². The molecule has 0 aliphatic rings. The van der Waals surface area contributed by atoms with Gasteiger partial charge >= 0.3 is 0 Å². The van der Waals surface area contributed by atoms with E-state index < -0.39 is 5.82 Å². The molecule has 0 spiro atoms. The van der Waals surface area contributed by atoms with E-state index in [9.17, 15) is 9.18 Å². The van der Waals surface area contributed by atoms with E-state index in [2.05, 4.69) is 15.9 Å². The zero-order chi connectivity index (χ0) is 13.3. The summed E-state index contributed by atoms with van der Waals surface area (Å²) in [7, 11) is 0. The third-order valence-electron chi connectivity index (χ3n) is 2.51. The van der Waals surface area contributed by atoms with E-state index in [1.165, 1.54) is 17.4 Å². The maximum Gasteiger partial charge on any atom is 0.177 e. The molecule has 0 N–H and O–H groups in total. The summed E-state index contributed by atoms with van der Waals surface area (Å²) >= 11 is 10.4. The van der Waals surface area contributed by atoms with E-state index >= 15 is 0 Å². The molecule has 0 saturated heterocycles. The lowest BCUT2D eigenvalue weighted by molar-refractivity contribution is 0.0995. The summed E-state index contributed by atoms with van der Waals surface area (Å²) in [6, 6.07) is 6.49. The van der Waals surface area contributed by atoms with E-state index in [0.29, 0.717) is 10.4 Å². The molecule has 1 heterocycles. The van der Waals surface area contributed by atoms with Crippen molar-refractivity contribution in [1.29, 1.82) is 0 Å². The first-order valence-electron chi connectivity index (χ1n) is 5.21. The van der Waals surface area contributed by atoms with E-state index in [4.69, 9.17) is 11.6 Å². The number of thiophene rings is 1. The number of hydrogen-bond acceptors (Lipinski definition) is 2. The topological polar surface area (TPSA) is 17.1 Å². The molecule has 0 aliphatic heterocycles. The Morgan fingerprint density at radius 1 is 1.50 bits per heavy atom. The minimum Gasteiger partial charge on any atom is -0.293 e. The number of Topliss-reactive ketones (excluding diaryl/α,β-unsaturated/α-hetero) is 1. The normalized spacial score (nSPS) is 10.7. The van der Waals surface area contributed by atoms with Crippen LogP contribution in [0.3, 0.4) is 0 Å². The third kappa shape index (κ3) is 2.82. The van der Waals surface area contributed by atoms with Gasteiger partial charge in [0.05, 0.1) is 13.7 Å². The highest BCUT2D eigenvalue weighted by atomic mass is 79.9. The Morgan fingerprint density at radius 2 is 2.22 bits per heavy atom. The number of ketones is 1. The van der Waals surface area contributed by atoms with Crippen molar-refractivity contribution < 1.29 is 9.18 Å². The molecule has 1 aromatic carbocycles. The minimum absolute atomic E-state index is 0.0266. The van der Waals surface area contributed by atoms with Gasteiger partial charge in [-0.1, -0.05) is 23.7 Å². The van der Waals surface area contributed by atoms with Gasteiger partial charge in [-0.3, -0.25) is 4.79 Å². The van der Waals surface area contributed by atoms with E-state index in [1.807, 2.05) is 6.92 Å². The smallest absolute Gasteiger partial charge is 0.177 e. The van der Waals surface area contributed by atoms with Crippen molar-refractivity contribution in [3.63, 3.8) is 0 Å². The van der Waals surface area contributed by atoms with Gasteiger partial charge in [0.1, 0.15) is 5.82 Å². The van der Waals surface area contributed by atoms with Crippen LogP contribution in [0.15, 0.2) is 28.1 Å². The van der Waals surface area contributed by atoms with Crippen molar-refractivity contribution in [2.75, 3.05) is 0 Å². The van der Waals surface area contributed by atoms with Crippen LogP contribution in [0.25, 0.3) is 0 Å². The summed E-state index contributed by atoms with van der Waals surface area (Å²) in [6.07, 6.45) is 0.0266. The molecule has 2 rings (SSSR count). The zero-order valence-corrected chi connectivity index (χ0v) is 12.6. The second kappa shape index (κ2) is 5.51. The van der Waals surface area contributed by atoms with Crippen molar-refractivity contribution >= 4 is 44.7 Å². The van der Waals surface area contributed by atoms with E-state index in [-0.39, 0.29) is 17.2 Å². The maximum absolute atomic E-state index is 13.7. The second-order valence-electron chi connectivity index (χ2n) is 3.88. The first-order chi connectivity index (χ1) is 8.49. The molecule has 2 aromatic rings. The Bertz CT molecular complexity index is 590. The lowest BCUT2D eigenvalue weighted by Gasteiger charge is -2.02. The number of hydrogen-bond donors (Lipinski definition) is 0. The van der Waals surface area contributed by atoms with Gasteiger partial charge in [-0.15, -0.1) is 11.3 Å². The van der Waals surface area contributed by atoms with Gasteiger partial charge in [0, 0.05) is 6.42 Å². The van der Waals surface area contributed by atoms with E-state index in [1.54, 1.807) is 18.2 Å². The Balaban J connectivity index is 2.24. The lowest BCUT2D eigenvalue weighted by atomic mass is 10.1.